The van der Waals surface area contributed by atoms with Crippen molar-refractivity contribution in [1.82, 2.24) is 10.3 Å². The number of nitrogens with zero attached hydrogens (tertiary/aromatic N) is 1. The van der Waals surface area contributed by atoms with Crippen LogP contribution in [0.3, 0.4) is 0 Å². The molecule has 0 saturated carbocycles. The molecule has 1 rings (SSSR count). The van der Waals surface area contributed by atoms with Crippen molar-refractivity contribution < 1.29 is 0 Å². The second-order valence-electron chi connectivity index (χ2n) is 4.25. The quantitative estimate of drug-likeness (QED) is 0.751. The van der Waals surface area contributed by atoms with E-state index >= 15 is 0 Å². The molecule has 0 bridgehead atoms. The summed E-state index contributed by atoms with van der Waals surface area (Å²) in [5.41, 5.74) is 1.30. The van der Waals surface area contributed by atoms with Crippen molar-refractivity contribution in [3.63, 3.8) is 0 Å². The van der Waals surface area contributed by atoms with Crippen LogP contribution in [0.4, 0.5) is 0 Å². The fraction of sp³-hybridized carbons (Fsp3) is 0.583. The summed E-state index contributed by atoms with van der Waals surface area (Å²) in [6.45, 7) is 6.59. The van der Waals surface area contributed by atoms with E-state index in [2.05, 4.69) is 36.5 Å². The summed E-state index contributed by atoms with van der Waals surface area (Å²) in [5.74, 6) is 0. The maximum Gasteiger partial charge on any atom is 0.0300 e. The molecule has 15 heavy (non-hydrogen) atoms. The van der Waals surface area contributed by atoms with Crippen LogP contribution in [-0.4, -0.2) is 29.1 Å². The minimum Gasteiger partial charge on any atom is -0.315 e. The van der Waals surface area contributed by atoms with E-state index in [1.807, 2.05) is 30.2 Å². The lowest BCUT2D eigenvalue weighted by Gasteiger charge is -2.22. The van der Waals surface area contributed by atoms with E-state index in [-0.39, 0.29) is 0 Å². The summed E-state index contributed by atoms with van der Waals surface area (Å²) in [6, 6.07) is 4.11. The van der Waals surface area contributed by atoms with Crippen molar-refractivity contribution in [2.24, 2.45) is 0 Å². The van der Waals surface area contributed by atoms with Gasteiger partial charge in [0, 0.05) is 23.7 Å². The van der Waals surface area contributed by atoms with E-state index in [0.29, 0.717) is 4.75 Å². The molecule has 0 amide bonds. The van der Waals surface area contributed by atoms with Crippen molar-refractivity contribution in [2.45, 2.75) is 25.0 Å². The van der Waals surface area contributed by atoms with Gasteiger partial charge in [0.15, 0.2) is 0 Å². The molecule has 0 aliphatic rings. The number of aromatic nitrogens is 1. The first-order chi connectivity index (χ1) is 7.14. The second-order valence-corrected chi connectivity index (χ2v) is 5.77. The van der Waals surface area contributed by atoms with E-state index in [1.54, 1.807) is 0 Å². The molecule has 0 atom stereocenters. The Bertz CT molecular complexity index is 272. The van der Waals surface area contributed by atoms with Crippen molar-refractivity contribution in [3.8, 4) is 0 Å². The molecule has 0 saturated heterocycles. The topological polar surface area (TPSA) is 24.9 Å². The van der Waals surface area contributed by atoms with E-state index in [1.165, 1.54) is 5.56 Å². The lowest BCUT2D eigenvalue weighted by molar-refractivity contribution is 0.591. The van der Waals surface area contributed by atoms with Crippen LogP contribution in [0.25, 0.3) is 0 Å². The van der Waals surface area contributed by atoms with Crippen LogP contribution >= 0.6 is 11.8 Å². The smallest absolute Gasteiger partial charge is 0.0300 e. The van der Waals surface area contributed by atoms with Crippen LogP contribution in [0.1, 0.15) is 19.4 Å². The molecule has 0 fully saturated rings. The molecule has 1 N–H and O–H groups in total. The fourth-order valence-electron chi connectivity index (χ4n) is 1.24. The first kappa shape index (κ1) is 12.5. The van der Waals surface area contributed by atoms with Gasteiger partial charge in [-0.3, -0.25) is 4.98 Å². The van der Waals surface area contributed by atoms with E-state index in [9.17, 15) is 0 Å². The summed E-state index contributed by atoms with van der Waals surface area (Å²) in [4.78, 5) is 4.10. The SMILES string of the molecule is CSC(C)(C)CNCCc1cccnc1. The predicted octanol–water partition coefficient (Wildman–Crippen LogP) is 2.36. The van der Waals surface area contributed by atoms with Crippen LogP contribution in [0.15, 0.2) is 24.5 Å². The molecule has 0 aromatic carbocycles. The second kappa shape index (κ2) is 6.13. The maximum atomic E-state index is 4.10. The molecule has 1 aromatic rings. The average Bonchev–Trinajstić information content (AvgIpc) is 2.26. The lowest BCUT2D eigenvalue weighted by atomic mass is 10.2. The zero-order valence-corrected chi connectivity index (χ0v) is 10.6. The van der Waals surface area contributed by atoms with E-state index < -0.39 is 0 Å². The van der Waals surface area contributed by atoms with Gasteiger partial charge in [-0.2, -0.15) is 11.8 Å². The summed E-state index contributed by atoms with van der Waals surface area (Å²) in [6.07, 6.45) is 6.95. The van der Waals surface area contributed by atoms with E-state index in [4.69, 9.17) is 0 Å². The fourth-order valence-corrected chi connectivity index (χ4v) is 1.49. The Morgan fingerprint density at radius 3 is 2.87 bits per heavy atom. The zero-order chi connectivity index (χ0) is 11.1. The van der Waals surface area contributed by atoms with Gasteiger partial charge >= 0.3 is 0 Å². The largest absolute Gasteiger partial charge is 0.315 e. The average molecular weight is 224 g/mol. The molecular weight excluding hydrogens is 204 g/mol. The maximum absolute atomic E-state index is 4.10. The molecular formula is C12H20N2S. The summed E-state index contributed by atoms with van der Waals surface area (Å²) < 4.78 is 0.328. The molecule has 0 aliphatic heterocycles. The molecule has 0 spiro atoms. The lowest BCUT2D eigenvalue weighted by Crippen LogP contribution is -2.33. The molecule has 1 heterocycles. The molecule has 2 nitrogen and oxygen atoms in total. The Labute approximate surface area is 96.9 Å². The molecule has 0 unspecified atom stereocenters. The molecule has 3 heteroatoms. The van der Waals surface area contributed by atoms with Gasteiger partial charge in [0.2, 0.25) is 0 Å². The van der Waals surface area contributed by atoms with Crippen LogP contribution in [0.2, 0.25) is 0 Å². The van der Waals surface area contributed by atoms with Gasteiger partial charge in [0.05, 0.1) is 0 Å². The van der Waals surface area contributed by atoms with Crippen molar-refractivity contribution in [1.29, 1.82) is 0 Å². The Morgan fingerprint density at radius 2 is 2.27 bits per heavy atom. The van der Waals surface area contributed by atoms with Gasteiger partial charge in [-0.15, -0.1) is 0 Å². The van der Waals surface area contributed by atoms with Crippen LogP contribution in [-0.2, 0) is 6.42 Å². The standard InChI is InChI=1S/C12H20N2S/c1-12(2,15-3)10-14-8-6-11-5-4-7-13-9-11/h4-5,7,9,14H,6,8,10H2,1-3H3. The van der Waals surface area contributed by atoms with Gasteiger partial charge in [0.25, 0.3) is 0 Å². The Balaban J connectivity index is 2.18. The molecule has 0 aliphatic carbocycles. The highest BCUT2D eigenvalue weighted by atomic mass is 32.2. The molecule has 84 valence electrons. The third kappa shape index (κ3) is 5.19. The Kier molecular flexibility index (Phi) is 5.12. The van der Waals surface area contributed by atoms with Crippen LogP contribution in [0.5, 0.6) is 0 Å². The number of rotatable bonds is 6. The Hall–Kier alpha value is -0.540. The minimum absolute atomic E-state index is 0.328. The van der Waals surface area contributed by atoms with Crippen LogP contribution < -0.4 is 5.32 Å². The van der Waals surface area contributed by atoms with Crippen molar-refractivity contribution in [2.75, 3.05) is 19.3 Å². The first-order valence-electron chi connectivity index (χ1n) is 5.29. The highest BCUT2D eigenvalue weighted by Gasteiger charge is 2.14. The third-order valence-corrected chi connectivity index (χ3v) is 3.67. The monoisotopic (exact) mass is 224 g/mol. The number of thioether (sulfide) groups is 1. The van der Waals surface area contributed by atoms with Gasteiger partial charge in [-0.1, -0.05) is 6.07 Å². The van der Waals surface area contributed by atoms with Crippen molar-refractivity contribution >= 4 is 11.8 Å². The number of pyridine rings is 1. The van der Waals surface area contributed by atoms with E-state index in [0.717, 1.165) is 19.5 Å². The Morgan fingerprint density at radius 1 is 1.47 bits per heavy atom. The molecule has 0 radical (unpaired) electrons. The van der Waals surface area contributed by atoms with Gasteiger partial charge in [-0.25, -0.2) is 0 Å². The van der Waals surface area contributed by atoms with Gasteiger partial charge < -0.3 is 5.32 Å². The predicted molar refractivity (Wildman–Crippen MR) is 68.4 cm³/mol. The van der Waals surface area contributed by atoms with Gasteiger partial charge in [-0.05, 0) is 44.7 Å². The normalized spacial score (nSPS) is 11.7. The highest BCUT2D eigenvalue weighted by molar-refractivity contribution is 7.99. The molecule has 1 aromatic heterocycles. The van der Waals surface area contributed by atoms with Crippen LogP contribution in [0, 0.1) is 0 Å². The third-order valence-electron chi connectivity index (χ3n) is 2.42. The highest BCUT2D eigenvalue weighted by Crippen LogP contribution is 2.19. The summed E-state index contributed by atoms with van der Waals surface area (Å²) in [5, 5.41) is 3.48. The summed E-state index contributed by atoms with van der Waals surface area (Å²) in [7, 11) is 0. The van der Waals surface area contributed by atoms with Crippen molar-refractivity contribution in [3.05, 3.63) is 30.1 Å². The number of hydrogen-bond acceptors (Lipinski definition) is 3. The number of hydrogen-bond donors (Lipinski definition) is 1. The minimum atomic E-state index is 0.328. The first-order valence-corrected chi connectivity index (χ1v) is 6.51. The zero-order valence-electron chi connectivity index (χ0n) is 9.79. The van der Waals surface area contributed by atoms with Gasteiger partial charge in [0.1, 0.15) is 0 Å². The summed E-state index contributed by atoms with van der Waals surface area (Å²) >= 11 is 1.90. The number of nitrogens with one attached hydrogen (secondary N) is 1.